The quantitative estimate of drug-likeness (QED) is 0.425. The number of thioether (sulfide) groups is 1. The molecule has 0 aliphatic carbocycles. The Kier molecular flexibility index (Phi) is 6.94. The molecule has 1 aromatic carbocycles. The van der Waals surface area contributed by atoms with Crippen molar-refractivity contribution in [3.05, 3.63) is 68.5 Å². The van der Waals surface area contributed by atoms with E-state index in [-0.39, 0.29) is 28.5 Å². The summed E-state index contributed by atoms with van der Waals surface area (Å²) in [6.45, 7) is 3.85. The highest BCUT2D eigenvalue weighted by molar-refractivity contribution is 7.99. The normalized spacial score (nSPS) is 10.9. The van der Waals surface area contributed by atoms with Crippen LogP contribution in [0.25, 0.3) is 5.69 Å². The number of amides is 1. The summed E-state index contributed by atoms with van der Waals surface area (Å²) in [5.41, 5.74) is 1.79. The molecule has 0 bridgehead atoms. The van der Waals surface area contributed by atoms with Crippen LogP contribution in [0.15, 0.2) is 51.1 Å². The minimum absolute atomic E-state index is 0.0271. The van der Waals surface area contributed by atoms with Crippen molar-refractivity contribution in [1.29, 1.82) is 0 Å². The van der Waals surface area contributed by atoms with Crippen LogP contribution in [0.3, 0.4) is 0 Å². The van der Waals surface area contributed by atoms with E-state index in [0.29, 0.717) is 22.2 Å². The first-order valence-corrected chi connectivity index (χ1v) is 10.8. The maximum absolute atomic E-state index is 12.9. The molecule has 0 fully saturated rings. The summed E-state index contributed by atoms with van der Waals surface area (Å²) in [7, 11) is 1.77. The number of hydrogen-bond acceptors (Lipinski definition) is 5. The third-order valence-electron chi connectivity index (χ3n) is 4.72. The zero-order chi connectivity index (χ0) is 21.7. The molecule has 0 aliphatic rings. The number of aromatic nitrogens is 4. The lowest BCUT2D eigenvalue weighted by molar-refractivity contribution is -0.113. The van der Waals surface area contributed by atoms with E-state index in [1.165, 1.54) is 10.7 Å². The van der Waals surface area contributed by atoms with Crippen LogP contribution in [-0.4, -0.2) is 31.0 Å². The van der Waals surface area contributed by atoms with Gasteiger partial charge in [0, 0.05) is 18.8 Å². The predicted molar refractivity (Wildman–Crippen MR) is 119 cm³/mol. The second kappa shape index (κ2) is 9.62. The third-order valence-corrected chi connectivity index (χ3v) is 5.59. The molecule has 0 radical (unpaired) electrons. The Morgan fingerprint density at radius 1 is 1.23 bits per heavy atom. The fraction of sp³-hybridized carbons (Fsp3) is 0.333. The molecule has 30 heavy (non-hydrogen) atoms. The average Bonchev–Trinajstić information content (AvgIpc) is 2.94. The smallest absolute Gasteiger partial charge is 0.295 e. The molecule has 158 valence electrons. The molecule has 1 amide bonds. The minimum Gasteiger partial charge on any atom is -0.319 e. The van der Waals surface area contributed by atoms with Crippen molar-refractivity contribution < 1.29 is 4.79 Å². The van der Waals surface area contributed by atoms with Gasteiger partial charge in [0.25, 0.3) is 11.1 Å². The number of rotatable bonds is 8. The molecule has 8 nitrogen and oxygen atoms in total. The number of hydrogen-bond donors (Lipinski definition) is 2. The van der Waals surface area contributed by atoms with Crippen molar-refractivity contribution >= 4 is 23.4 Å². The molecule has 3 aromatic rings. The van der Waals surface area contributed by atoms with E-state index in [0.717, 1.165) is 31.0 Å². The van der Waals surface area contributed by atoms with E-state index in [4.69, 9.17) is 0 Å². The van der Waals surface area contributed by atoms with Crippen molar-refractivity contribution in [2.24, 2.45) is 7.05 Å². The third kappa shape index (κ3) is 4.91. The molecular formula is C21H25N5O3S. The van der Waals surface area contributed by atoms with Crippen LogP contribution in [0.2, 0.25) is 0 Å². The van der Waals surface area contributed by atoms with Crippen LogP contribution in [0.5, 0.6) is 0 Å². The predicted octanol–water partition coefficient (Wildman–Crippen LogP) is 2.64. The van der Waals surface area contributed by atoms with Crippen LogP contribution in [0, 0.1) is 6.92 Å². The van der Waals surface area contributed by atoms with Gasteiger partial charge in [-0.3, -0.25) is 19.1 Å². The summed E-state index contributed by atoms with van der Waals surface area (Å²) in [4.78, 5) is 44.2. The monoisotopic (exact) mass is 427 g/mol. The number of aromatic amines is 1. The van der Waals surface area contributed by atoms with E-state index in [9.17, 15) is 14.4 Å². The summed E-state index contributed by atoms with van der Waals surface area (Å²) in [5, 5.41) is 3.11. The minimum atomic E-state index is -0.340. The lowest BCUT2D eigenvalue weighted by Gasteiger charge is -2.07. The first-order chi connectivity index (χ1) is 14.4. The van der Waals surface area contributed by atoms with Crippen LogP contribution in [-0.2, 0) is 18.3 Å². The van der Waals surface area contributed by atoms with Gasteiger partial charge in [0.2, 0.25) is 5.91 Å². The zero-order valence-corrected chi connectivity index (χ0v) is 18.1. The number of nitrogens with zero attached hydrogens (tertiary/aromatic N) is 3. The summed E-state index contributed by atoms with van der Waals surface area (Å²) >= 11 is 1.13. The molecular weight excluding hydrogens is 402 g/mol. The van der Waals surface area contributed by atoms with Crippen LogP contribution in [0.1, 0.15) is 31.2 Å². The molecule has 0 saturated carbocycles. The Morgan fingerprint density at radius 3 is 2.67 bits per heavy atom. The van der Waals surface area contributed by atoms with Gasteiger partial charge in [0.05, 0.1) is 17.1 Å². The molecule has 0 atom stereocenters. The molecule has 2 N–H and O–H groups in total. The molecule has 2 aromatic heterocycles. The van der Waals surface area contributed by atoms with Gasteiger partial charge in [-0.05, 0) is 31.9 Å². The number of nitrogens with one attached hydrogen (secondary N) is 2. The average molecular weight is 428 g/mol. The van der Waals surface area contributed by atoms with E-state index < -0.39 is 0 Å². The van der Waals surface area contributed by atoms with Crippen molar-refractivity contribution in [2.75, 3.05) is 11.1 Å². The lowest BCUT2D eigenvalue weighted by Crippen LogP contribution is -2.23. The maximum Gasteiger partial charge on any atom is 0.295 e. The van der Waals surface area contributed by atoms with E-state index in [1.807, 2.05) is 30.3 Å². The topological polar surface area (TPSA) is 102 Å². The van der Waals surface area contributed by atoms with Gasteiger partial charge < -0.3 is 10.3 Å². The van der Waals surface area contributed by atoms with Crippen LogP contribution < -0.4 is 16.4 Å². The van der Waals surface area contributed by atoms with E-state index in [2.05, 4.69) is 22.2 Å². The Labute approximate surface area is 178 Å². The van der Waals surface area contributed by atoms with Crippen molar-refractivity contribution in [3.63, 3.8) is 0 Å². The molecule has 0 spiro atoms. The van der Waals surface area contributed by atoms with Crippen molar-refractivity contribution in [2.45, 2.75) is 38.3 Å². The number of anilines is 1. The summed E-state index contributed by atoms with van der Waals surface area (Å²) in [6, 6.07) is 10.7. The standard InChI is InChI=1S/C21H25N5O3S/c1-4-5-9-15-12-17(27)24-21(22-15)30-13-18(28)23-19-14(2)25(3)26(20(19)29)16-10-7-6-8-11-16/h6-8,10-12H,4-5,9,13H2,1-3H3,(H,23,28)(H,22,24,27). The largest absolute Gasteiger partial charge is 0.319 e. The SMILES string of the molecule is CCCCc1cc(=O)[nH]c(SCC(=O)Nc2c(C)n(C)n(-c3ccccc3)c2=O)n1. The van der Waals surface area contributed by atoms with Crippen molar-refractivity contribution in [1.82, 2.24) is 19.3 Å². The molecule has 0 saturated heterocycles. The fourth-order valence-electron chi connectivity index (χ4n) is 3.06. The Morgan fingerprint density at radius 2 is 1.97 bits per heavy atom. The second-order valence-corrected chi connectivity index (χ2v) is 7.88. The fourth-order valence-corrected chi connectivity index (χ4v) is 3.75. The first kappa shape index (κ1) is 21.6. The van der Waals surface area contributed by atoms with E-state index in [1.54, 1.807) is 18.7 Å². The van der Waals surface area contributed by atoms with Gasteiger partial charge in [0.15, 0.2) is 5.16 Å². The number of para-hydroxylation sites is 1. The molecule has 2 heterocycles. The highest BCUT2D eigenvalue weighted by Crippen LogP contribution is 2.16. The molecule has 9 heteroatoms. The number of carbonyl (C=O) groups is 1. The maximum atomic E-state index is 12.9. The molecule has 0 aliphatic heterocycles. The summed E-state index contributed by atoms with van der Waals surface area (Å²) in [6.07, 6.45) is 2.68. The van der Waals surface area contributed by atoms with E-state index >= 15 is 0 Å². The number of carbonyl (C=O) groups excluding carboxylic acids is 1. The number of unbranched alkanes of at least 4 members (excludes halogenated alkanes) is 1. The highest BCUT2D eigenvalue weighted by atomic mass is 32.2. The van der Waals surface area contributed by atoms with Gasteiger partial charge in [-0.2, -0.15) is 0 Å². The zero-order valence-electron chi connectivity index (χ0n) is 17.3. The van der Waals surface area contributed by atoms with Gasteiger partial charge in [0.1, 0.15) is 5.69 Å². The van der Waals surface area contributed by atoms with Gasteiger partial charge in [-0.15, -0.1) is 0 Å². The molecule has 0 unspecified atom stereocenters. The summed E-state index contributed by atoms with van der Waals surface area (Å²) < 4.78 is 3.21. The number of benzene rings is 1. The van der Waals surface area contributed by atoms with Gasteiger partial charge >= 0.3 is 0 Å². The highest BCUT2D eigenvalue weighted by Gasteiger charge is 2.18. The number of H-pyrrole nitrogens is 1. The van der Waals surface area contributed by atoms with Gasteiger partial charge in [-0.25, -0.2) is 9.67 Å². The van der Waals surface area contributed by atoms with Crippen LogP contribution >= 0.6 is 11.8 Å². The molecule has 3 rings (SSSR count). The van der Waals surface area contributed by atoms with Gasteiger partial charge in [-0.1, -0.05) is 43.3 Å². The number of aryl methyl sites for hydroxylation is 1. The van der Waals surface area contributed by atoms with Crippen LogP contribution in [0.4, 0.5) is 5.69 Å². The second-order valence-electron chi connectivity index (χ2n) is 6.92. The van der Waals surface area contributed by atoms with Crippen molar-refractivity contribution in [3.8, 4) is 5.69 Å². The Balaban J connectivity index is 1.73. The Hall–Kier alpha value is -3.07. The first-order valence-electron chi connectivity index (χ1n) is 9.77. The Bertz CT molecular complexity index is 1150. The summed E-state index contributed by atoms with van der Waals surface area (Å²) in [5.74, 6) is -0.313. The lowest BCUT2D eigenvalue weighted by atomic mass is 10.2.